The van der Waals surface area contributed by atoms with E-state index in [0.717, 1.165) is 5.56 Å². The van der Waals surface area contributed by atoms with Crippen LogP contribution in [0.15, 0.2) is 77.7 Å². The van der Waals surface area contributed by atoms with Gasteiger partial charge in [0.25, 0.3) is 0 Å². The van der Waals surface area contributed by atoms with Crippen molar-refractivity contribution in [3.05, 3.63) is 83.9 Å². The average molecular weight is 525 g/mol. The second-order valence-corrected chi connectivity index (χ2v) is 9.58. The number of nitrogens with two attached hydrogens (primary N) is 1. The third kappa shape index (κ3) is 7.38. The first-order valence-corrected chi connectivity index (χ1v) is 12.9. The number of hydrogen-bond acceptors (Lipinski definition) is 7. The normalized spacial score (nSPS) is 10.9. The second-order valence-electron chi connectivity index (χ2n) is 8.05. The molecule has 3 aromatic rings. The van der Waals surface area contributed by atoms with E-state index in [4.69, 9.17) is 15.3 Å². The fourth-order valence-electron chi connectivity index (χ4n) is 3.60. The van der Waals surface area contributed by atoms with E-state index < -0.39 is 22.2 Å². The summed E-state index contributed by atoms with van der Waals surface area (Å²) < 4.78 is 33.9. The van der Waals surface area contributed by atoms with Crippen LogP contribution in [0.1, 0.15) is 24.5 Å². The number of alkyl carbamates (subject to hydrolysis) is 1. The number of carbonyl (C=O) groups is 2. The predicted molar refractivity (Wildman–Crippen MR) is 139 cm³/mol. The van der Waals surface area contributed by atoms with Gasteiger partial charge in [0.1, 0.15) is 11.6 Å². The molecule has 0 atom stereocenters. The van der Waals surface area contributed by atoms with Crippen LogP contribution >= 0.6 is 0 Å². The minimum atomic E-state index is -3.91. The highest BCUT2D eigenvalue weighted by molar-refractivity contribution is 7.89. The molecule has 0 spiro atoms. The van der Waals surface area contributed by atoms with E-state index in [2.05, 4.69) is 10.1 Å². The van der Waals surface area contributed by atoms with E-state index >= 15 is 0 Å². The molecule has 4 N–H and O–H groups in total. The van der Waals surface area contributed by atoms with Crippen molar-refractivity contribution in [2.75, 3.05) is 13.7 Å². The predicted octanol–water partition coefficient (Wildman–Crippen LogP) is 4.09. The number of hydrogen-bond donors (Lipinski definition) is 3. The van der Waals surface area contributed by atoms with Crippen LogP contribution in [0.5, 0.6) is 5.75 Å². The maximum atomic E-state index is 12.9. The molecule has 0 bridgehead atoms. The zero-order valence-electron chi connectivity index (χ0n) is 20.4. The lowest BCUT2D eigenvalue weighted by Crippen LogP contribution is -2.34. The fourth-order valence-corrected chi connectivity index (χ4v) is 4.36. The van der Waals surface area contributed by atoms with Gasteiger partial charge in [0.2, 0.25) is 10.0 Å². The monoisotopic (exact) mass is 524 g/mol. The molecule has 0 unspecified atom stereocenters. The Hall–Kier alpha value is -4.22. The summed E-state index contributed by atoms with van der Waals surface area (Å²) in [4.78, 5) is 25.9. The Morgan fingerprint density at radius 3 is 2.38 bits per heavy atom. The molecule has 3 rings (SSSR count). The lowest BCUT2D eigenvalue weighted by molar-refractivity contribution is 0.149. The molecule has 37 heavy (non-hydrogen) atoms. The molecule has 0 aliphatic rings. The van der Waals surface area contributed by atoms with Crippen LogP contribution in [-0.2, 0) is 21.3 Å². The summed E-state index contributed by atoms with van der Waals surface area (Å²) in [6, 6.07) is 19.8. The Morgan fingerprint density at radius 2 is 1.73 bits per heavy atom. The Morgan fingerprint density at radius 1 is 1.03 bits per heavy atom. The molecule has 3 aromatic carbocycles. The number of nitrogens with one attached hydrogen (secondary N) is 2. The average Bonchev–Trinajstić information content (AvgIpc) is 2.88. The van der Waals surface area contributed by atoms with Crippen LogP contribution in [0.25, 0.3) is 11.1 Å². The van der Waals surface area contributed by atoms with Crippen LogP contribution in [0, 0.1) is 5.41 Å². The molecule has 0 aliphatic heterocycles. The lowest BCUT2D eigenvalue weighted by atomic mass is 10.1. The number of ether oxygens (including phenoxy) is 2. The third-order valence-electron chi connectivity index (χ3n) is 5.32. The van der Waals surface area contributed by atoms with E-state index in [-0.39, 0.29) is 17.3 Å². The van der Waals surface area contributed by atoms with Crippen LogP contribution in [0.3, 0.4) is 0 Å². The van der Waals surface area contributed by atoms with E-state index in [9.17, 15) is 18.0 Å². The van der Waals surface area contributed by atoms with Crippen molar-refractivity contribution in [2.24, 2.45) is 5.14 Å². The summed E-state index contributed by atoms with van der Waals surface area (Å²) in [6.07, 6.45) is -0.615. The summed E-state index contributed by atoms with van der Waals surface area (Å²) in [6.45, 7) is 2.59. The molecular weight excluding hydrogens is 496 g/mol. The molecule has 2 amide bonds. The molecule has 0 saturated heterocycles. The first-order valence-electron chi connectivity index (χ1n) is 11.3. The number of amidine groups is 1. The molecule has 10 nitrogen and oxygen atoms in total. The number of primary sulfonamides is 1. The van der Waals surface area contributed by atoms with Gasteiger partial charge in [-0.2, -0.15) is 0 Å². The van der Waals surface area contributed by atoms with Crippen molar-refractivity contribution in [3.63, 3.8) is 0 Å². The third-order valence-corrected chi connectivity index (χ3v) is 6.29. The largest absolute Gasteiger partial charge is 0.453 e. The van der Waals surface area contributed by atoms with Gasteiger partial charge in [-0.3, -0.25) is 10.7 Å². The van der Waals surface area contributed by atoms with E-state index in [1.165, 1.54) is 18.1 Å². The summed E-state index contributed by atoms with van der Waals surface area (Å²) in [5.74, 6) is 0.170. The van der Waals surface area contributed by atoms with Crippen LogP contribution in [-0.4, -0.2) is 45.0 Å². The van der Waals surface area contributed by atoms with Crippen molar-refractivity contribution >= 4 is 28.0 Å². The smallest absolute Gasteiger partial charge is 0.415 e. The summed E-state index contributed by atoms with van der Waals surface area (Å²) in [5.41, 5.74) is 2.26. The molecule has 0 heterocycles. The Balaban J connectivity index is 1.73. The Labute approximate surface area is 215 Å². The number of sulfonamides is 1. The minimum Gasteiger partial charge on any atom is -0.453 e. The van der Waals surface area contributed by atoms with Crippen molar-refractivity contribution < 1.29 is 27.5 Å². The van der Waals surface area contributed by atoms with Gasteiger partial charge >= 0.3 is 12.2 Å². The Kier molecular flexibility index (Phi) is 8.99. The van der Waals surface area contributed by atoms with Crippen LogP contribution in [0.4, 0.5) is 9.59 Å². The second kappa shape index (κ2) is 12.2. The summed E-state index contributed by atoms with van der Waals surface area (Å²) >= 11 is 0. The van der Waals surface area contributed by atoms with Crippen LogP contribution < -0.4 is 15.2 Å². The van der Waals surface area contributed by atoms with Gasteiger partial charge in [-0.1, -0.05) is 55.5 Å². The van der Waals surface area contributed by atoms with Crippen molar-refractivity contribution in [3.8, 4) is 16.9 Å². The zero-order valence-corrected chi connectivity index (χ0v) is 21.2. The molecule has 194 valence electrons. The highest BCUT2D eigenvalue weighted by Gasteiger charge is 2.18. The van der Waals surface area contributed by atoms with Crippen molar-refractivity contribution in [1.29, 1.82) is 5.41 Å². The summed E-state index contributed by atoms with van der Waals surface area (Å²) in [7, 11) is -2.69. The van der Waals surface area contributed by atoms with E-state index in [1.54, 1.807) is 60.7 Å². The molecule has 0 fully saturated rings. The molecule has 0 aliphatic carbocycles. The maximum absolute atomic E-state index is 12.9. The zero-order chi connectivity index (χ0) is 27.0. The Bertz CT molecular complexity index is 1390. The van der Waals surface area contributed by atoms with Crippen LogP contribution in [0.2, 0.25) is 0 Å². The van der Waals surface area contributed by atoms with E-state index in [0.29, 0.717) is 35.4 Å². The molecule has 0 radical (unpaired) electrons. The first-order chi connectivity index (χ1) is 17.6. The maximum Gasteiger partial charge on any atom is 0.415 e. The van der Waals surface area contributed by atoms with Gasteiger partial charge in [0.05, 0.1) is 12.0 Å². The number of rotatable bonds is 8. The van der Waals surface area contributed by atoms with Gasteiger partial charge in [-0.25, -0.2) is 23.1 Å². The topological polar surface area (TPSA) is 152 Å². The highest BCUT2D eigenvalue weighted by Crippen LogP contribution is 2.28. The standard InChI is InChI=1S/C26H28N4O6S/c1-3-15-30(17-18-7-6-8-20(16-18)24(27)29-25(31)35-2)26(32)36-21-13-11-19(12-14-21)22-9-4-5-10-23(22)37(28,33)34/h4-14,16H,3,15,17H2,1-2H3,(H2,27,29,31)(H2,28,33,34). The number of carbonyl (C=O) groups excluding carboxylic acids is 2. The number of nitrogens with zero attached hydrogens (tertiary/aromatic N) is 1. The van der Waals surface area contributed by atoms with Crippen molar-refractivity contribution in [2.45, 2.75) is 24.8 Å². The van der Waals surface area contributed by atoms with Gasteiger partial charge in [-0.05, 0) is 41.8 Å². The van der Waals surface area contributed by atoms with Crippen molar-refractivity contribution in [1.82, 2.24) is 10.2 Å². The van der Waals surface area contributed by atoms with Gasteiger partial charge in [-0.15, -0.1) is 0 Å². The molecular formula is C26H28N4O6S. The first kappa shape index (κ1) is 27.4. The van der Waals surface area contributed by atoms with E-state index in [1.807, 2.05) is 13.0 Å². The van der Waals surface area contributed by atoms with Gasteiger partial charge in [0, 0.05) is 24.2 Å². The van der Waals surface area contributed by atoms with Gasteiger partial charge < -0.3 is 14.4 Å². The molecule has 0 saturated carbocycles. The SMILES string of the molecule is CCCN(Cc1cccc(C(=N)NC(=O)OC)c1)C(=O)Oc1ccc(-c2ccccc2S(N)(=O)=O)cc1. The summed E-state index contributed by atoms with van der Waals surface area (Å²) in [5, 5.41) is 15.7. The molecule has 11 heteroatoms. The lowest BCUT2D eigenvalue weighted by Gasteiger charge is -2.22. The number of amides is 2. The fraction of sp³-hybridized carbons (Fsp3) is 0.192. The highest BCUT2D eigenvalue weighted by atomic mass is 32.2. The minimum absolute atomic E-state index is 0.00552. The number of benzene rings is 3. The quantitative estimate of drug-likeness (QED) is 0.298. The van der Waals surface area contributed by atoms with Gasteiger partial charge in [0.15, 0.2) is 0 Å². The molecule has 0 aromatic heterocycles. The number of methoxy groups -OCH3 is 1.